The maximum absolute atomic E-state index is 11.6. The lowest BCUT2D eigenvalue weighted by molar-refractivity contribution is -0.144. The van der Waals surface area contributed by atoms with Gasteiger partial charge in [-0.05, 0) is 33.3 Å². The van der Waals surface area contributed by atoms with Crippen molar-refractivity contribution in [3.8, 4) is 5.75 Å². The Bertz CT molecular complexity index is 911. The van der Waals surface area contributed by atoms with Crippen molar-refractivity contribution in [2.75, 3.05) is 7.11 Å². The molecule has 2 fully saturated rings. The fourth-order valence-corrected chi connectivity index (χ4v) is 4.19. The first kappa shape index (κ1) is 22.5. The first-order valence-corrected chi connectivity index (χ1v) is 10.1. The second-order valence-corrected chi connectivity index (χ2v) is 8.09. The molecule has 6 atom stereocenters. The molecule has 0 aromatic carbocycles. The van der Waals surface area contributed by atoms with E-state index in [1.807, 2.05) is 6.92 Å². The maximum atomic E-state index is 11.6. The molecule has 0 aliphatic carbocycles. The number of ether oxygens (including phenoxy) is 3. The van der Waals surface area contributed by atoms with Gasteiger partial charge in [0.05, 0.1) is 30.8 Å². The van der Waals surface area contributed by atoms with E-state index in [2.05, 4.69) is 0 Å². The summed E-state index contributed by atoms with van der Waals surface area (Å²) in [6, 6.07) is 1.30. The Labute approximate surface area is 176 Å². The molecule has 3 heterocycles. The van der Waals surface area contributed by atoms with Crippen molar-refractivity contribution >= 4 is 6.08 Å². The van der Waals surface area contributed by atoms with Crippen molar-refractivity contribution in [3.63, 3.8) is 0 Å². The minimum absolute atomic E-state index is 0.378. The quantitative estimate of drug-likeness (QED) is 0.686. The summed E-state index contributed by atoms with van der Waals surface area (Å²) >= 11 is 0. The maximum Gasteiger partial charge on any atom is 0.339 e. The first-order valence-electron chi connectivity index (χ1n) is 10.1. The molecule has 1 aromatic rings. The predicted octanol–water partition coefficient (Wildman–Crippen LogP) is 2.73. The lowest BCUT2D eigenvalue weighted by atomic mass is 9.69. The highest BCUT2D eigenvalue weighted by molar-refractivity contribution is 5.52. The summed E-state index contributed by atoms with van der Waals surface area (Å²) in [5, 5.41) is 21.8. The van der Waals surface area contributed by atoms with E-state index < -0.39 is 35.1 Å². The molecule has 0 radical (unpaired) electrons. The van der Waals surface area contributed by atoms with Crippen LogP contribution in [0.3, 0.4) is 0 Å². The molecule has 7 nitrogen and oxygen atoms in total. The van der Waals surface area contributed by atoms with E-state index in [0.717, 1.165) is 5.56 Å². The fourth-order valence-electron chi connectivity index (χ4n) is 4.19. The normalized spacial score (nSPS) is 36.4. The van der Waals surface area contributed by atoms with Gasteiger partial charge < -0.3 is 28.8 Å². The standard InChI is InChI=1S/C23H30O7/c1-6-18-23(4,26)22(3)20(25)16(29-21(22)30-18)12-10-8-7-9-11-15-14(2)17(27-5)13-19(24)28-15/h7-13,16,18,20-21,25-26H,6H2,1-5H3/b8-7-,11-9-,12-10+/t16-,18-,20+,21+,22+,23+/m1/s1. The molecule has 30 heavy (non-hydrogen) atoms. The monoisotopic (exact) mass is 418 g/mol. The molecule has 2 N–H and O–H groups in total. The summed E-state index contributed by atoms with van der Waals surface area (Å²) in [7, 11) is 1.50. The third kappa shape index (κ3) is 3.67. The molecule has 164 valence electrons. The minimum atomic E-state index is -1.19. The van der Waals surface area contributed by atoms with Gasteiger partial charge in [0.1, 0.15) is 23.2 Å². The molecule has 3 rings (SSSR count). The smallest absolute Gasteiger partial charge is 0.339 e. The molecule has 0 spiro atoms. The highest BCUT2D eigenvalue weighted by Gasteiger charge is 2.69. The van der Waals surface area contributed by atoms with E-state index in [9.17, 15) is 15.0 Å². The van der Waals surface area contributed by atoms with Gasteiger partial charge in [0.25, 0.3) is 0 Å². The van der Waals surface area contributed by atoms with Crippen LogP contribution in [0.1, 0.15) is 38.5 Å². The Morgan fingerprint density at radius 1 is 1.20 bits per heavy atom. The SMILES string of the molecule is CC[C@H]1O[C@@H]2O[C@H](/C=C/C=C\C=C/c3oc(=O)cc(OC)c3C)[C@H](O)[C@]2(C)[C@@]1(C)O. The van der Waals surface area contributed by atoms with Gasteiger partial charge in [0.15, 0.2) is 6.29 Å². The summed E-state index contributed by atoms with van der Waals surface area (Å²) < 4.78 is 22.0. The van der Waals surface area contributed by atoms with Crippen molar-refractivity contribution in [2.45, 2.75) is 64.3 Å². The fraction of sp³-hybridized carbons (Fsp3) is 0.522. The van der Waals surface area contributed by atoms with E-state index in [1.54, 1.807) is 57.2 Å². The zero-order valence-electron chi connectivity index (χ0n) is 18.0. The second-order valence-electron chi connectivity index (χ2n) is 8.09. The van der Waals surface area contributed by atoms with Gasteiger partial charge in [0.2, 0.25) is 0 Å². The molecule has 0 amide bonds. The summed E-state index contributed by atoms with van der Waals surface area (Å²) in [6.07, 6.45) is 8.53. The van der Waals surface area contributed by atoms with Crippen molar-refractivity contribution in [1.82, 2.24) is 0 Å². The van der Waals surface area contributed by atoms with Gasteiger partial charge in [-0.3, -0.25) is 0 Å². The zero-order chi connectivity index (χ0) is 22.1. The Balaban J connectivity index is 1.65. The van der Waals surface area contributed by atoms with Crippen LogP contribution in [0, 0.1) is 12.3 Å². The summed E-state index contributed by atoms with van der Waals surface area (Å²) in [5.41, 5.74) is -1.84. The van der Waals surface area contributed by atoms with Gasteiger partial charge in [-0.15, -0.1) is 0 Å². The topological polar surface area (TPSA) is 98.4 Å². The van der Waals surface area contributed by atoms with E-state index in [-0.39, 0.29) is 6.10 Å². The third-order valence-corrected chi connectivity index (χ3v) is 6.37. The van der Waals surface area contributed by atoms with Crippen molar-refractivity contribution in [1.29, 1.82) is 0 Å². The third-order valence-electron chi connectivity index (χ3n) is 6.37. The Hall–Kier alpha value is -2.19. The number of aliphatic hydroxyl groups is 2. The summed E-state index contributed by atoms with van der Waals surface area (Å²) in [4.78, 5) is 11.6. The van der Waals surface area contributed by atoms with Gasteiger partial charge in [-0.1, -0.05) is 37.3 Å². The molecule has 7 heteroatoms. The molecule has 0 saturated carbocycles. The highest BCUT2D eigenvalue weighted by Crippen LogP contribution is 2.55. The van der Waals surface area contributed by atoms with Crippen LogP contribution in [-0.2, 0) is 9.47 Å². The highest BCUT2D eigenvalue weighted by atomic mass is 16.7. The molecule has 1 aromatic heterocycles. The largest absolute Gasteiger partial charge is 0.496 e. The number of fused-ring (bicyclic) bond motifs is 1. The number of aliphatic hydroxyl groups excluding tert-OH is 1. The molecule has 2 aliphatic heterocycles. The van der Waals surface area contributed by atoms with E-state index in [1.165, 1.54) is 13.2 Å². The average Bonchev–Trinajstić information content (AvgIpc) is 3.07. The van der Waals surface area contributed by atoms with Crippen LogP contribution >= 0.6 is 0 Å². The van der Waals surface area contributed by atoms with E-state index in [4.69, 9.17) is 18.6 Å². The molecular formula is C23H30O7. The van der Waals surface area contributed by atoms with Gasteiger partial charge >= 0.3 is 5.63 Å². The van der Waals surface area contributed by atoms with Crippen molar-refractivity contribution in [3.05, 3.63) is 58.2 Å². The summed E-state index contributed by atoms with van der Waals surface area (Å²) in [5.74, 6) is 0.901. The van der Waals surface area contributed by atoms with Gasteiger partial charge in [-0.2, -0.15) is 0 Å². The molecule has 0 bridgehead atoms. The molecule has 0 unspecified atom stereocenters. The zero-order valence-corrected chi connectivity index (χ0v) is 18.0. The molecular weight excluding hydrogens is 388 g/mol. The van der Waals surface area contributed by atoms with Gasteiger partial charge in [-0.25, -0.2) is 4.79 Å². The van der Waals surface area contributed by atoms with E-state index >= 15 is 0 Å². The number of allylic oxidation sites excluding steroid dienone is 4. The van der Waals surface area contributed by atoms with Crippen LogP contribution in [0.2, 0.25) is 0 Å². The Morgan fingerprint density at radius 2 is 1.90 bits per heavy atom. The number of methoxy groups -OCH3 is 1. The van der Waals surface area contributed by atoms with Crippen LogP contribution < -0.4 is 10.4 Å². The first-order chi connectivity index (χ1) is 14.2. The molecule has 2 saturated heterocycles. The Kier molecular flexibility index (Phi) is 6.38. The Morgan fingerprint density at radius 3 is 2.53 bits per heavy atom. The second kappa shape index (κ2) is 8.51. The van der Waals surface area contributed by atoms with Crippen molar-refractivity contribution in [2.24, 2.45) is 5.41 Å². The van der Waals surface area contributed by atoms with Crippen LogP contribution in [0.15, 0.2) is 45.7 Å². The summed E-state index contributed by atoms with van der Waals surface area (Å²) in [6.45, 7) is 7.24. The van der Waals surface area contributed by atoms with E-state index in [0.29, 0.717) is 17.9 Å². The lowest BCUT2D eigenvalue weighted by Crippen LogP contribution is -2.54. The van der Waals surface area contributed by atoms with Crippen LogP contribution in [-0.4, -0.2) is 47.5 Å². The average molecular weight is 418 g/mol. The van der Waals surface area contributed by atoms with Crippen LogP contribution in [0.5, 0.6) is 5.75 Å². The minimum Gasteiger partial charge on any atom is -0.496 e. The van der Waals surface area contributed by atoms with Crippen LogP contribution in [0.25, 0.3) is 6.08 Å². The predicted molar refractivity (Wildman–Crippen MR) is 112 cm³/mol. The number of rotatable bonds is 6. The van der Waals surface area contributed by atoms with Gasteiger partial charge in [0, 0.05) is 5.56 Å². The van der Waals surface area contributed by atoms with Crippen molar-refractivity contribution < 1.29 is 28.8 Å². The lowest BCUT2D eigenvalue weighted by Gasteiger charge is -2.38. The van der Waals surface area contributed by atoms with Crippen LogP contribution in [0.4, 0.5) is 0 Å². The molecule has 2 aliphatic rings. The number of hydrogen-bond donors (Lipinski definition) is 2. The number of hydrogen-bond acceptors (Lipinski definition) is 7.